The third-order valence-corrected chi connectivity index (χ3v) is 6.89. The van der Waals surface area contributed by atoms with Crippen molar-refractivity contribution in [3.8, 4) is 5.69 Å². The molecule has 3 rings (SSSR count). The average Bonchev–Trinajstić information content (AvgIpc) is 3.44. The molecular formula is C27H37FN3NaO5. The van der Waals surface area contributed by atoms with Crippen molar-refractivity contribution in [3.05, 3.63) is 47.0 Å². The van der Waals surface area contributed by atoms with E-state index in [0.717, 1.165) is 24.1 Å². The van der Waals surface area contributed by atoms with Gasteiger partial charge in [0.05, 0.1) is 17.9 Å². The number of benzene rings is 1. The smallest absolute Gasteiger partial charge is 0.550 e. The van der Waals surface area contributed by atoms with Crippen LogP contribution in [0.3, 0.4) is 0 Å². The number of aromatic nitrogens is 2. The van der Waals surface area contributed by atoms with Gasteiger partial charge < -0.3 is 25.0 Å². The van der Waals surface area contributed by atoms with E-state index >= 15 is 0 Å². The number of aliphatic carboxylic acids is 1. The zero-order chi connectivity index (χ0) is 26.4. The molecule has 0 bridgehead atoms. The molecule has 1 amide bonds. The molecule has 2 N–H and O–H groups in total. The third kappa shape index (κ3) is 8.61. The minimum absolute atomic E-state index is 0. The number of aliphatic hydroxyl groups is 2. The fourth-order valence-corrected chi connectivity index (χ4v) is 5.12. The molecule has 1 aromatic carbocycles. The van der Waals surface area contributed by atoms with Crippen LogP contribution in [0.2, 0.25) is 0 Å². The van der Waals surface area contributed by atoms with Crippen molar-refractivity contribution in [2.45, 2.75) is 83.3 Å². The predicted molar refractivity (Wildman–Crippen MR) is 131 cm³/mol. The van der Waals surface area contributed by atoms with Gasteiger partial charge in [0.1, 0.15) is 5.82 Å². The fraction of sp³-hybridized carbons (Fsp3) is 0.593. The molecule has 1 aliphatic rings. The molecule has 37 heavy (non-hydrogen) atoms. The number of hydrogen-bond donors (Lipinski definition) is 2. The number of carboxylic acids is 1. The Morgan fingerprint density at radius 3 is 2.35 bits per heavy atom. The van der Waals surface area contributed by atoms with E-state index in [9.17, 15) is 29.3 Å². The van der Waals surface area contributed by atoms with Crippen LogP contribution in [0, 0.1) is 11.7 Å². The zero-order valence-corrected chi connectivity index (χ0v) is 24.3. The Bertz CT molecular complexity index is 1040. The van der Waals surface area contributed by atoms with Crippen molar-refractivity contribution in [2.75, 3.05) is 13.6 Å². The van der Waals surface area contributed by atoms with Gasteiger partial charge in [-0.1, -0.05) is 26.7 Å². The summed E-state index contributed by atoms with van der Waals surface area (Å²) in [6.07, 6.45) is 2.34. The minimum Gasteiger partial charge on any atom is -0.550 e. The summed E-state index contributed by atoms with van der Waals surface area (Å²) in [6, 6.07) is 5.84. The number of carboxylic acid groups (broad SMARTS) is 1. The molecule has 0 unspecified atom stereocenters. The van der Waals surface area contributed by atoms with Crippen LogP contribution in [0.1, 0.15) is 86.5 Å². The van der Waals surface area contributed by atoms with Gasteiger partial charge in [0.2, 0.25) is 0 Å². The van der Waals surface area contributed by atoms with Crippen molar-refractivity contribution >= 4 is 11.9 Å². The predicted octanol–water partition coefficient (Wildman–Crippen LogP) is -0.414. The standard InChI is InChI=1S/C27H38FN3O5.Na/c1-17(2)25-23(13-12-21(32)14-22(33)15-24(34)35)31(20-10-8-19(28)9-11-20)29-26(25)27(36)30(3)16-18-6-4-5-7-18;/h8-11,17-18,21-22,32-33H,4-7,12-16H2,1-3H3,(H,34,35);/q;+1/p-1/t21-,22-;/m1./s1. The second-order valence-corrected chi connectivity index (χ2v) is 10.2. The number of nitrogens with zero attached hydrogens (tertiary/aromatic N) is 3. The fourth-order valence-electron chi connectivity index (χ4n) is 5.12. The topological polar surface area (TPSA) is 119 Å². The van der Waals surface area contributed by atoms with Gasteiger partial charge in [0, 0.05) is 37.2 Å². The first-order valence-electron chi connectivity index (χ1n) is 12.8. The van der Waals surface area contributed by atoms with Crippen molar-refractivity contribution in [2.24, 2.45) is 5.92 Å². The van der Waals surface area contributed by atoms with Crippen LogP contribution in [0.4, 0.5) is 4.39 Å². The third-order valence-electron chi connectivity index (χ3n) is 6.89. The van der Waals surface area contributed by atoms with Crippen LogP contribution in [-0.4, -0.2) is 62.6 Å². The van der Waals surface area contributed by atoms with Crippen molar-refractivity contribution < 1.29 is 58.9 Å². The molecule has 0 spiro atoms. The number of halogens is 1. The normalized spacial score (nSPS) is 15.4. The van der Waals surface area contributed by atoms with E-state index in [1.165, 1.54) is 25.0 Å². The molecule has 198 valence electrons. The summed E-state index contributed by atoms with van der Waals surface area (Å²) in [4.78, 5) is 26.0. The number of carbonyl (C=O) groups excluding carboxylic acids is 2. The molecule has 0 aliphatic heterocycles. The van der Waals surface area contributed by atoms with Gasteiger partial charge in [-0.25, -0.2) is 9.07 Å². The molecule has 8 nitrogen and oxygen atoms in total. The van der Waals surface area contributed by atoms with Crippen LogP contribution in [0.5, 0.6) is 0 Å². The Hall–Kier alpha value is -1.78. The van der Waals surface area contributed by atoms with Gasteiger partial charge in [-0.3, -0.25) is 4.79 Å². The second kappa shape index (κ2) is 14.4. The molecule has 1 fully saturated rings. The summed E-state index contributed by atoms with van der Waals surface area (Å²) < 4.78 is 15.3. The van der Waals surface area contributed by atoms with E-state index in [2.05, 4.69) is 0 Å². The summed E-state index contributed by atoms with van der Waals surface area (Å²) in [6.45, 7) is 4.62. The molecule has 2 aromatic rings. The van der Waals surface area contributed by atoms with Crippen molar-refractivity contribution in [1.29, 1.82) is 0 Å². The van der Waals surface area contributed by atoms with Crippen molar-refractivity contribution in [1.82, 2.24) is 14.7 Å². The molecule has 1 aromatic heterocycles. The number of aliphatic hydroxyl groups excluding tert-OH is 2. The Morgan fingerprint density at radius 2 is 1.78 bits per heavy atom. The maximum Gasteiger partial charge on any atom is 1.00 e. The Morgan fingerprint density at radius 1 is 1.16 bits per heavy atom. The van der Waals surface area contributed by atoms with Gasteiger partial charge in [-0.2, -0.15) is 5.10 Å². The molecular weight excluding hydrogens is 488 g/mol. The van der Waals surface area contributed by atoms with Gasteiger partial charge in [0.25, 0.3) is 5.91 Å². The SMILES string of the molecule is CC(C)c1c(C(=O)N(C)CC2CCCC2)nn(-c2ccc(F)cc2)c1CC[C@@H](O)C[C@@H](O)CC(=O)[O-].[Na+]. The number of amides is 1. The van der Waals surface area contributed by atoms with E-state index in [4.69, 9.17) is 5.10 Å². The summed E-state index contributed by atoms with van der Waals surface area (Å²) in [5, 5.41) is 35.7. The first kappa shape index (κ1) is 31.4. The monoisotopic (exact) mass is 525 g/mol. The minimum atomic E-state index is -1.38. The summed E-state index contributed by atoms with van der Waals surface area (Å²) in [5.41, 5.74) is 2.43. The van der Waals surface area contributed by atoms with E-state index in [1.807, 2.05) is 13.8 Å². The summed E-state index contributed by atoms with van der Waals surface area (Å²) >= 11 is 0. The first-order chi connectivity index (χ1) is 17.1. The quantitative estimate of drug-likeness (QED) is 0.364. The van der Waals surface area contributed by atoms with Crippen LogP contribution in [0.15, 0.2) is 24.3 Å². The van der Waals surface area contributed by atoms with E-state index < -0.39 is 24.6 Å². The number of rotatable bonds is 12. The largest absolute Gasteiger partial charge is 1.00 e. The van der Waals surface area contributed by atoms with Gasteiger partial charge >= 0.3 is 29.6 Å². The first-order valence-corrected chi connectivity index (χ1v) is 12.8. The Kier molecular flexibility index (Phi) is 12.2. The number of carbonyl (C=O) groups is 2. The van der Waals surface area contributed by atoms with Crippen LogP contribution < -0.4 is 34.7 Å². The molecule has 0 saturated heterocycles. The van der Waals surface area contributed by atoms with Crippen LogP contribution in [-0.2, 0) is 11.2 Å². The Labute approximate surface area is 240 Å². The molecule has 0 radical (unpaired) electrons. The van der Waals surface area contributed by atoms with E-state index in [1.54, 1.807) is 28.8 Å². The molecule has 1 heterocycles. The second-order valence-electron chi connectivity index (χ2n) is 10.2. The van der Waals surface area contributed by atoms with E-state index in [-0.39, 0.29) is 60.0 Å². The molecule has 2 atom stereocenters. The van der Waals surface area contributed by atoms with Crippen LogP contribution in [0.25, 0.3) is 5.69 Å². The van der Waals surface area contributed by atoms with Crippen LogP contribution >= 0.6 is 0 Å². The average molecular weight is 526 g/mol. The Balaban J connectivity index is 0.00000481. The maximum absolute atomic E-state index is 13.6. The summed E-state index contributed by atoms with van der Waals surface area (Å²) in [7, 11) is 1.80. The van der Waals surface area contributed by atoms with E-state index in [0.29, 0.717) is 30.3 Å². The molecule has 10 heteroatoms. The van der Waals surface area contributed by atoms with Gasteiger partial charge in [0.15, 0.2) is 5.69 Å². The maximum atomic E-state index is 13.6. The molecule has 1 saturated carbocycles. The van der Waals surface area contributed by atoms with Crippen molar-refractivity contribution in [3.63, 3.8) is 0 Å². The summed E-state index contributed by atoms with van der Waals surface area (Å²) in [5.74, 6) is -1.49. The molecule has 1 aliphatic carbocycles. The van der Waals surface area contributed by atoms with Gasteiger partial charge in [-0.05, 0) is 68.2 Å². The van der Waals surface area contributed by atoms with Gasteiger partial charge in [-0.15, -0.1) is 0 Å². The number of hydrogen-bond acceptors (Lipinski definition) is 6. The zero-order valence-electron chi connectivity index (χ0n) is 22.3.